The lowest BCUT2D eigenvalue weighted by molar-refractivity contribution is 0.0888. The maximum Gasteiger partial charge on any atom is 0.189 e. The molecule has 0 spiro atoms. The number of hydrogen-bond donors (Lipinski definition) is 1. The molecular weight excluding hydrogens is 318 g/mol. The molecule has 124 valence electrons. The molecular formula is C20H15NO4. The third kappa shape index (κ3) is 2.36. The van der Waals surface area contributed by atoms with E-state index in [0.717, 1.165) is 0 Å². The van der Waals surface area contributed by atoms with Crippen molar-refractivity contribution < 1.29 is 14.3 Å². The maximum atomic E-state index is 12.7. The van der Waals surface area contributed by atoms with Crippen LogP contribution in [-0.2, 0) is 0 Å². The van der Waals surface area contributed by atoms with E-state index in [0.29, 0.717) is 40.1 Å². The van der Waals surface area contributed by atoms with Gasteiger partial charge in [-0.3, -0.25) is 14.4 Å². The number of rotatable bonds is 3. The zero-order chi connectivity index (χ0) is 17.6. The van der Waals surface area contributed by atoms with E-state index >= 15 is 0 Å². The second-order valence-corrected chi connectivity index (χ2v) is 5.94. The standard InChI is InChI=1S/C20H15NO4/c1-2-25-11-7-8-14-15(9-11)21-16(10-17(14)22)18-19(23)12-5-3-4-6-13(12)20(18)24/h3-10,18H,2H2,1H3,(H,21,22). The smallest absolute Gasteiger partial charge is 0.189 e. The van der Waals surface area contributed by atoms with E-state index in [-0.39, 0.29) is 17.0 Å². The van der Waals surface area contributed by atoms with Crippen molar-refractivity contribution in [3.63, 3.8) is 0 Å². The maximum absolute atomic E-state index is 12.7. The Morgan fingerprint density at radius 3 is 2.28 bits per heavy atom. The fraction of sp³-hybridized carbons (Fsp3) is 0.150. The van der Waals surface area contributed by atoms with Gasteiger partial charge in [0.25, 0.3) is 0 Å². The van der Waals surface area contributed by atoms with E-state index in [2.05, 4.69) is 4.98 Å². The molecule has 0 amide bonds. The number of aromatic amines is 1. The van der Waals surface area contributed by atoms with E-state index in [4.69, 9.17) is 4.74 Å². The van der Waals surface area contributed by atoms with Gasteiger partial charge >= 0.3 is 0 Å². The number of carbonyl (C=O) groups excluding carboxylic acids is 2. The number of ether oxygens (including phenoxy) is 1. The third-order valence-electron chi connectivity index (χ3n) is 4.43. The van der Waals surface area contributed by atoms with E-state index in [1.807, 2.05) is 6.92 Å². The molecule has 5 nitrogen and oxygen atoms in total. The first-order valence-corrected chi connectivity index (χ1v) is 8.07. The molecule has 0 aliphatic heterocycles. The number of hydrogen-bond acceptors (Lipinski definition) is 4. The second-order valence-electron chi connectivity index (χ2n) is 5.94. The zero-order valence-electron chi connectivity index (χ0n) is 13.5. The SMILES string of the molecule is CCOc1ccc2c(=O)cc(C3C(=O)c4ccccc4C3=O)[nH]c2c1. The Labute approximate surface area is 143 Å². The molecule has 4 rings (SSSR count). The van der Waals surface area contributed by atoms with Gasteiger partial charge in [-0.25, -0.2) is 0 Å². The van der Waals surface area contributed by atoms with Gasteiger partial charge in [0.15, 0.2) is 17.0 Å². The van der Waals surface area contributed by atoms with Crippen LogP contribution in [0.15, 0.2) is 53.3 Å². The highest BCUT2D eigenvalue weighted by atomic mass is 16.5. The Morgan fingerprint density at radius 2 is 1.64 bits per heavy atom. The van der Waals surface area contributed by atoms with Crippen molar-refractivity contribution in [3.8, 4) is 5.75 Å². The third-order valence-corrected chi connectivity index (χ3v) is 4.43. The van der Waals surface area contributed by atoms with Crippen LogP contribution >= 0.6 is 0 Å². The number of benzene rings is 2. The van der Waals surface area contributed by atoms with Crippen molar-refractivity contribution >= 4 is 22.5 Å². The number of carbonyl (C=O) groups is 2. The summed E-state index contributed by atoms with van der Waals surface area (Å²) in [6.07, 6.45) is 0. The minimum absolute atomic E-state index is 0.233. The summed E-state index contributed by atoms with van der Waals surface area (Å²) in [4.78, 5) is 40.8. The molecule has 3 aromatic rings. The van der Waals surface area contributed by atoms with Crippen molar-refractivity contribution in [2.45, 2.75) is 12.8 Å². The number of fused-ring (bicyclic) bond motifs is 2. The number of aromatic nitrogens is 1. The molecule has 0 unspecified atom stereocenters. The summed E-state index contributed by atoms with van der Waals surface area (Å²) < 4.78 is 5.46. The molecule has 0 radical (unpaired) electrons. The lowest BCUT2D eigenvalue weighted by atomic mass is 9.98. The molecule has 1 aliphatic rings. The molecule has 1 heterocycles. The van der Waals surface area contributed by atoms with Gasteiger partial charge in [0.05, 0.1) is 12.1 Å². The van der Waals surface area contributed by atoms with E-state index < -0.39 is 5.92 Å². The molecule has 5 heteroatoms. The normalized spacial score (nSPS) is 14.1. The molecule has 1 aliphatic carbocycles. The minimum Gasteiger partial charge on any atom is -0.494 e. The summed E-state index contributed by atoms with van der Waals surface area (Å²) in [6.45, 7) is 2.38. The van der Waals surface area contributed by atoms with Gasteiger partial charge in [-0.2, -0.15) is 0 Å². The summed E-state index contributed by atoms with van der Waals surface area (Å²) in [6, 6.07) is 13.2. The Hall–Kier alpha value is -3.21. The average Bonchev–Trinajstić information content (AvgIpc) is 2.86. The molecule has 1 aromatic heterocycles. The number of pyridine rings is 1. The largest absolute Gasteiger partial charge is 0.494 e. The van der Waals surface area contributed by atoms with E-state index in [9.17, 15) is 14.4 Å². The van der Waals surface area contributed by atoms with Gasteiger partial charge in [0, 0.05) is 34.3 Å². The highest BCUT2D eigenvalue weighted by Gasteiger charge is 2.40. The lowest BCUT2D eigenvalue weighted by Crippen LogP contribution is -2.17. The van der Waals surface area contributed by atoms with Crippen molar-refractivity contribution in [1.29, 1.82) is 0 Å². The molecule has 0 saturated carbocycles. The van der Waals surface area contributed by atoms with Crippen LogP contribution in [0.1, 0.15) is 39.3 Å². The Morgan fingerprint density at radius 1 is 0.960 bits per heavy atom. The highest BCUT2D eigenvalue weighted by molar-refractivity contribution is 6.29. The van der Waals surface area contributed by atoms with Crippen molar-refractivity contribution in [3.05, 3.63) is 75.6 Å². The van der Waals surface area contributed by atoms with Crippen LogP contribution in [-0.4, -0.2) is 23.2 Å². The van der Waals surface area contributed by atoms with Crippen molar-refractivity contribution in [2.75, 3.05) is 6.61 Å². The monoisotopic (exact) mass is 333 g/mol. The lowest BCUT2D eigenvalue weighted by Gasteiger charge is -2.10. The summed E-state index contributed by atoms with van der Waals surface area (Å²) in [5.74, 6) is -0.937. The van der Waals surface area contributed by atoms with E-state index in [1.165, 1.54) is 6.07 Å². The fourth-order valence-electron chi connectivity index (χ4n) is 3.29. The molecule has 0 saturated heterocycles. The average molecular weight is 333 g/mol. The molecule has 0 atom stereocenters. The van der Waals surface area contributed by atoms with Gasteiger partial charge in [-0.05, 0) is 19.1 Å². The van der Waals surface area contributed by atoms with Gasteiger partial charge in [0.1, 0.15) is 11.7 Å². The van der Waals surface area contributed by atoms with Crippen LogP contribution < -0.4 is 10.2 Å². The van der Waals surface area contributed by atoms with Gasteiger partial charge < -0.3 is 9.72 Å². The number of Topliss-reactive ketones (excluding diaryl/α,β-unsaturated/α-hetero) is 2. The summed E-state index contributed by atoms with van der Waals surface area (Å²) in [7, 11) is 0. The molecule has 1 N–H and O–H groups in total. The van der Waals surface area contributed by atoms with Gasteiger partial charge in [0.2, 0.25) is 0 Å². The molecule has 0 bridgehead atoms. The topological polar surface area (TPSA) is 76.2 Å². The predicted molar refractivity (Wildman–Crippen MR) is 93.6 cm³/mol. The van der Waals surface area contributed by atoms with Gasteiger partial charge in [-0.15, -0.1) is 0 Å². The van der Waals surface area contributed by atoms with Crippen LogP contribution in [0.2, 0.25) is 0 Å². The summed E-state index contributed by atoms with van der Waals surface area (Å²) in [5, 5.41) is 0.489. The summed E-state index contributed by atoms with van der Waals surface area (Å²) in [5.41, 5.74) is 1.44. The van der Waals surface area contributed by atoms with Crippen LogP contribution in [0.3, 0.4) is 0 Å². The minimum atomic E-state index is -0.995. The highest BCUT2D eigenvalue weighted by Crippen LogP contribution is 2.33. The Bertz CT molecular complexity index is 1050. The summed E-state index contributed by atoms with van der Waals surface area (Å²) >= 11 is 0. The first-order chi connectivity index (χ1) is 12.1. The zero-order valence-corrected chi connectivity index (χ0v) is 13.5. The number of nitrogens with one attached hydrogen (secondary N) is 1. The van der Waals surface area contributed by atoms with Crippen molar-refractivity contribution in [1.82, 2.24) is 4.98 Å². The first-order valence-electron chi connectivity index (χ1n) is 8.07. The molecule has 25 heavy (non-hydrogen) atoms. The Kier molecular flexibility index (Phi) is 3.50. The number of ketones is 2. The molecule has 2 aromatic carbocycles. The quantitative estimate of drug-likeness (QED) is 0.747. The van der Waals surface area contributed by atoms with Crippen LogP contribution in [0.5, 0.6) is 5.75 Å². The van der Waals surface area contributed by atoms with E-state index in [1.54, 1.807) is 42.5 Å². The van der Waals surface area contributed by atoms with Crippen molar-refractivity contribution in [2.24, 2.45) is 0 Å². The van der Waals surface area contributed by atoms with Crippen LogP contribution in [0.4, 0.5) is 0 Å². The fourth-order valence-corrected chi connectivity index (χ4v) is 3.29. The first kappa shape index (κ1) is 15.3. The Balaban J connectivity index is 1.86. The predicted octanol–water partition coefficient (Wildman–Crippen LogP) is 3.09. The molecule has 0 fully saturated rings. The van der Waals surface area contributed by atoms with Crippen LogP contribution in [0.25, 0.3) is 10.9 Å². The number of H-pyrrole nitrogens is 1. The van der Waals surface area contributed by atoms with Gasteiger partial charge in [-0.1, -0.05) is 24.3 Å². The van der Waals surface area contributed by atoms with Crippen LogP contribution in [0, 0.1) is 0 Å². The second kappa shape index (κ2) is 5.70.